The SMILES string of the molecule is CCCNC(CSc1nccs1)c1ccccc1OCC. The van der Waals surface area contributed by atoms with E-state index in [1.807, 2.05) is 30.6 Å². The minimum absolute atomic E-state index is 0.279. The number of hydrogen-bond acceptors (Lipinski definition) is 5. The van der Waals surface area contributed by atoms with Crippen molar-refractivity contribution in [3.8, 4) is 5.75 Å². The summed E-state index contributed by atoms with van der Waals surface area (Å²) in [5.41, 5.74) is 1.23. The number of ether oxygens (including phenoxy) is 1. The van der Waals surface area contributed by atoms with Gasteiger partial charge < -0.3 is 10.1 Å². The van der Waals surface area contributed by atoms with E-state index in [-0.39, 0.29) is 6.04 Å². The standard InChI is InChI=1S/C16H22N2OS2/c1-3-9-17-14(12-21-16-18-10-11-20-16)13-7-5-6-8-15(13)19-4-2/h5-8,10-11,14,17H,3-4,9,12H2,1-2H3. The van der Waals surface area contributed by atoms with E-state index < -0.39 is 0 Å². The monoisotopic (exact) mass is 322 g/mol. The van der Waals surface area contributed by atoms with E-state index in [9.17, 15) is 0 Å². The molecule has 1 atom stereocenters. The predicted molar refractivity (Wildman–Crippen MR) is 91.5 cm³/mol. The quantitative estimate of drug-likeness (QED) is 0.695. The maximum atomic E-state index is 5.77. The normalized spacial score (nSPS) is 12.3. The minimum Gasteiger partial charge on any atom is -0.494 e. The molecule has 0 aliphatic heterocycles. The van der Waals surface area contributed by atoms with Crippen molar-refractivity contribution in [2.45, 2.75) is 30.6 Å². The molecule has 0 saturated heterocycles. The van der Waals surface area contributed by atoms with Gasteiger partial charge in [-0.05, 0) is 26.0 Å². The van der Waals surface area contributed by atoms with Gasteiger partial charge >= 0.3 is 0 Å². The van der Waals surface area contributed by atoms with Gasteiger partial charge in [0.15, 0.2) is 0 Å². The zero-order chi connectivity index (χ0) is 14.9. The van der Waals surface area contributed by atoms with Crippen molar-refractivity contribution in [1.82, 2.24) is 10.3 Å². The molecule has 1 aromatic heterocycles. The van der Waals surface area contributed by atoms with Gasteiger partial charge in [0, 0.05) is 28.9 Å². The highest BCUT2D eigenvalue weighted by Gasteiger charge is 2.16. The maximum Gasteiger partial charge on any atom is 0.149 e. The first-order valence-electron chi connectivity index (χ1n) is 7.32. The van der Waals surface area contributed by atoms with E-state index in [2.05, 4.69) is 29.4 Å². The van der Waals surface area contributed by atoms with E-state index in [0.717, 1.165) is 28.8 Å². The van der Waals surface area contributed by atoms with Crippen LogP contribution in [0.1, 0.15) is 31.9 Å². The van der Waals surface area contributed by atoms with Crippen LogP contribution in [0.4, 0.5) is 0 Å². The first-order valence-corrected chi connectivity index (χ1v) is 9.19. The highest BCUT2D eigenvalue weighted by Crippen LogP contribution is 2.31. The molecule has 0 spiro atoms. The molecule has 0 bridgehead atoms. The molecule has 5 heteroatoms. The van der Waals surface area contributed by atoms with Gasteiger partial charge in [-0.15, -0.1) is 11.3 Å². The summed E-state index contributed by atoms with van der Waals surface area (Å²) in [5.74, 6) is 1.94. The van der Waals surface area contributed by atoms with Crippen molar-refractivity contribution >= 4 is 23.1 Å². The molecule has 2 rings (SSSR count). The molecule has 0 radical (unpaired) electrons. The van der Waals surface area contributed by atoms with Gasteiger partial charge in [0.05, 0.1) is 6.61 Å². The number of thiazole rings is 1. The van der Waals surface area contributed by atoms with Gasteiger partial charge in [0.2, 0.25) is 0 Å². The van der Waals surface area contributed by atoms with E-state index in [1.165, 1.54) is 5.56 Å². The number of para-hydroxylation sites is 1. The van der Waals surface area contributed by atoms with Crippen LogP contribution in [0.3, 0.4) is 0 Å². The van der Waals surface area contributed by atoms with Crippen molar-refractivity contribution in [1.29, 1.82) is 0 Å². The summed E-state index contributed by atoms with van der Waals surface area (Å²) >= 11 is 3.49. The Morgan fingerprint density at radius 1 is 1.33 bits per heavy atom. The largest absolute Gasteiger partial charge is 0.494 e. The maximum absolute atomic E-state index is 5.77. The van der Waals surface area contributed by atoms with Gasteiger partial charge in [-0.25, -0.2) is 4.98 Å². The summed E-state index contributed by atoms with van der Waals surface area (Å²) < 4.78 is 6.89. The molecule has 0 saturated carbocycles. The second-order valence-corrected chi connectivity index (χ2v) is 6.75. The fraction of sp³-hybridized carbons (Fsp3) is 0.438. The fourth-order valence-corrected chi connectivity index (χ4v) is 3.81. The molecule has 3 nitrogen and oxygen atoms in total. The second kappa shape index (κ2) is 9.07. The van der Waals surface area contributed by atoms with Gasteiger partial charge in [0.25, 0.3) is 0 Å². The molecule has 0 aliphatic carbocycles. The fourth-order valence-electron chi connectivity index (χ4n) is 2.07. The number of thioether (sulfide) groups is 1. The van der Waals surface area contributed by atoms with Crippen LogP contribution in [0.5, 0.6) is 5.75 Å². The number of nitrogens with one attached hydrogen (secondary N) is 1. The van der Waals surface area contributed by atoms with Crippen LogP contribution in [0, 0.1) is 0 Å². The molecular formula is C16H22N2OS2. The lowest BCUT2D eigenvalue weighted by molar-refractivity contribution is 0.332. The van der Waals surface area contributed by atoms with Crippen LogP contribution in [0.15, 0.2) is 40.2 Å². The Hall–Kier alpha value is -1.04. The van der Waals surface area contributed by atoms with Crippen molar-refractivity contribution in [2.24, 2.45) is 0 Å². The Morgan fingerprint density at radius 2 is 2.19 bits per heavy atom. The van der Waals surface area contributed by atoms with E-state index in [0.29, 0.717) is 6.61 Å². The second-order valence-electron chi connectivity index (χ2n) is 4.59. The first kappa shape index (κ1) is 16.3. The third-order valence-electron chi connectivity index (χ3n) is 3.02. The number of benzene rings is 1. The lowest BCUT2D eigenvalue weighted by Gasteiger charge is -2.21. The molecule has 0 amide bonds. The number of hydrogen-bond donors (Lipinski definition) is 1. The van der Waals surface area contributed by atoms with Crippen molar-refractivity contribution in [3.05, 3.63) is 41.4 Å². The first-order chi connectivity index (χ1) is 10.3. The third-order valence-corrected chi connectivity index (χ3v) is 5.08. The molecule has 2 aromatic rings. The molecule has 1 N–H and O–H groups in total. The Kier molecular flexibility index (Phi) is 7.06. The highest BCUT2D eigenvalue weighted by atomic mass is 32.2. The Balaban J connectivity index is 2.10. The number of rotatable bonds is 9. The predicted octanol–water partition coefficient (Wildman–Crippen LogP) is 4.37. The molecule has 1 unspecified atom stereocenters. The molecule has 1 aromatic carbocycles. The van der Waals surface area contributed by atoms with Gasteiger partial charge in [-0.1, -0.05) is 36.9 Å². The summed E-state index contributed by atoms with van der Waals surface area (Å²) in [7, 11) is 0. The van der Waals surface area contributed by atoms with Gasteiger partial charge in [0.1, 0.15) is 10.1 Å². The van der Waals surface area contributed by atoms with Crippen molar-refractivity contribution in [3.63, 3.8) is 0 Å². The van der Waals surface area contributed by atoms with E-state index >= 15 is 0 Å². The average molecular weight is 322 g/mol. The molecule has 21 heavy (non-hydrogen) atoms. The zero-order valence-corrected chi connectivity index (χ0v) is 14.2. The van der Waals surface area contributed by atoms with Crippen LogP contribution >= 0.6 is 23.1 Å². The number of aromatic nitrogens is 1. The topological polar surface area (TPSA) is 34.2 Å². The lowest BCUT2D eigenvalue weighted by atomic mass is 10.1. The van der Waals surface area contributed by atoms with Crippen LogP contribution in [0.2, 0.25) is 0 Å². The summed E-state index contributed by atoms with van der Waals surface area (Å²) in [6.07, 6.45) is 2.98. The summed E-state index contributed by atoms with van der Waals surface area (Å²) in [6, 6.07) is 8.58. The van der Waals surface area contributed by atoms with E-state index in [1.54, 1.807) is 23.1 Å². The third kappa shape index (κ3) is 5.02. The van der Waals surface area contributed by atoms with Crippen LogP contribution in [-0.4, -0.2) is 23.9 Å². The van der Waals surface area contributed by atoms with Crippen LogP contribution in [-0.2, 0) is 0 Å². The van der Waals surface area contributed by atoms with Crippen LogP contribution in [0.25, 0.3) is 0 Å². The summed E-state index contributed by atoms with van der Waals surface area (Å²) in [6.45, 7) is 5.91. The Morgan fingerprint density at radius 3 is 2.90 bits per heavy atom. The molecule has 1 heterocycles. The van der Waals surface area contributed by atoms with Crippen LogP contribution < -0.4 is 10.1 Å². The van der Waals surface area contributed by atoms with E-state index in [4.69, 9.17) is 4.74 Å². The highest BCUT2D eigenvalue weighted by molar-refractivity contribution is 8.01. The van der Waals surface area contributed by atoms with Gasteiger partial charge in [-0.2, -0.15) is 0 Å². The molecule has 0 aliphatic rings. The average Bonchev–Trinajstić information content (AvgIpc) is 3.02. The smallest absolute Gasteiger partial charge is 0.149 e. The van der Waals surface area contributed by atoms with Gasteiger partial charge in [-0.3, -0.25) is 0 Å². The Bertz CT molecular complexity index is 517. The minimum atomic E-state index is 0.279. The molecule has 114 valence electrons. The molecular weight excluding hydrogens is 300 g/mol. The zero-order valence-electron chi connectivity index (χ0n) is 12.5. The number of nitrogens with zero attached hydrogens (tertiary/aromatic N) is 1. The van der Waals surface area contributed by atoms with Crippen molar-refractivity contribution in [2.75, 3.05) is 18.9 Å². The lowest BCUT2D eigenvalue weighted by Crippen LogP contribution is -2.24. The Labute approximate surface area is 135 Å². The molecule has 0 fully saturated rings. The van der Waals surface area contributed by atoms with Crippen molar-refractivity contribution < 1.29 is 4.74 Å². The summed E-state index contributed by atoms with van der Waals surface area (Å²) in [5, 5.41) is 5.64. The summed E-state index contributed by atoms with van der Waals surface area (Å²) in [4.78, 5) is 4.34.